The van der Waals surface area contributed by atoms with Gasteiger partial charge < -0.3 is 15.5 Å². The Morgan fingerprint density at radius 2 is 1.88 bits per heavy atom. The minimum absolute atomic E-state index is 0.0366. The molecule has 2 aromatic rings. The largest absolute Gasteiger partial charge is 0.362 e. The van der Waals surface area contributed by atoms with Crippen molar-refractivity contribution in [1.82, 2.24) is 9.62 Å². The highest BCUT2D eigenvalue weighted by molar-refractivity contribution is 7.89. The Morgan fingerprint density at radius 3 is 2.55 bits per heavy atom. The van der Waals surface area contributed by atoms with Crippen LogP contribution in [0.1, 0.15) is 41.8 Å². The lowest BCUT2D eigenvalue weighted by atomic mass is 9.95. The van der Waals surface area contributed by atoms with Crippen LogP contribution in [0.3, 0.4) is 0 Å². The van der Waals surface area contributed by atoms with Gasteiger partial charge in [-0.2, -0.15) is 0 Å². The third-order valence-electron chi connectivity index (χ3n) is 5.58. The van der Waals surface area contributed by atoms with Crippen LogP contribution in [0.15, 0.2) is 41.3 Å². The highest BCUT2D eigenvalue weighted by Crippen LogP contribution is 2.30. The van der Waals surface area contributed by atoms with E-state index in [0.717, 1.165) is 28.4 Å². The number of sulfonamides is 1. The predicted molar refractivity (Wildman–Crippen MR) is 130 cm³/mol. The van der Waals surface area contributed by atoms with Gasteiger partial charge in [-0.05, 0) is 69.0 Å². The molecule has 0 aliphatic carbocycles. The van der Waals surface area contributed by atoms with E-state index in [2.05, 4.69) is 10.6 Å². The molecule has 1 heterocycles. The van der Waals surface area contributed by atoms with Gasteiger partial charge in [0.15, 0.2) is 0 Å². The molecule has 0 radical (unpaired) electrons. The predicted octanol–water partition coefficient (Wildman–Crippen LogP) is 2.77. The molecule has 2 amide bonds. The summed E-state index contributed by atoms with van der Waals surface area (Å²) in [4.78, 5) is 27.6. The van der Waals surface area contributed by atoms with Crippen molar-refractivity contribution < 1.29 is 18.0 Å². The standard InChI is InChI=1S/C24H32N4O4S/c1-16(2)25-24(30)20-8-6-10-21-19(20)9-7-13-28(21)15-23(29)26-18-12-11-17(3)22(14-18)33(31,32)27(4)5/h6,8,10-12,14,16H,7,9,13,15H2,1-5H3,(H,25,30)(H,26,29). The lowest BCUT2D eigenvalue weighted by Gasteiger charge is -2.32. The van der Waals surface area contributed by atoms with Gasteiger partial charge in [0.05, 0.1) is 11.4 Å². The van der Waals surface area contributed by atoms with E-state index in [1.165, 1.54) is 20.2 Å². The van der Waals surface area contributed by atoms with Crippen LogP contribution in [0.4, 0.5) is 11.4 Å². The molecule has 1 aliphatic rings. The summed E-state index contributed by atoms with van der Waals surface area (Å²) in [5.41, 5.74) is 3.51. The molecule has 178 valence electrons. The molecule has 0 atom stereocenters. The zero-order valence-corrected chi connectivity index (χ0v) is 20.6. The van der Waals surface area contributed by atoms with Crippen molar-refractivity contribution >= 4 is 33.2 Å². The van der Waals surface area contributed by atoms with Gasteiger partial charge in [-0.1, -0.05) is 12.1 Å². The summed E-state index contributed by atoms with van der Waals surface area (Å²) in [7, 11) is -0.670. The number of anilines is 2. The maximum Gasteiger partial charge on any atom is 0.251 e. The van der Waals surface area contributed by atoms with Crippen molar-refractivity contribution in [2.45, 2.75) is 44.6 Å². The minimum Gasteiger partial charge on any atom is -0.362 e. The monoisotopic (exact) mass is 472 g/mol. The lowest BCUT2D eigenvalue weighted by molar-refractivity contribution is -0.115. The number of carbonyl (C=O) groups is 2. The van der Waals surface area contributed by atoms with E-state index >= 15 is 0 Å². The number of rotatable bonds is 7. The maximum absolute atomic E-state index is 12.8. The number of fused-ring (bicyclic) bond motifs is 1. The molecule has 8 nitrogen and oxygen atoms in total. The quantitative estimate of drug-likeness (QED) is 0.646. The Bertz CT molecular complexity index is 1160. The fourth-order valence-electron chi connectivity index (χ4n) is 3.94. The number of benzene rings is 2. The average Bonchev–Trinajstić information content (AvgIpc) is 2.74. The molecular formula is C24H32N4O4S. The Labute approximate surface area is 196 Å². The summed E-state index contributed by atoms with van der Waals surface area (Å²) in [6.07, 6.45) is 1.61. The summed E-state index contributed by atoms with van der Waals surface area (Å²) in [6, 6.07) is 10.5. The van der Waals surface area contributed by atoms with Gasteiger partial charge in [-0.15, -0.1) is 0 Å². The number of hydrogen-bond donors (Lipinski definition) is 2. The Kier molecular flexibility index (Phi) is 7.44. The van der Waals surface area contributed by atoms with Crippen molar-refractivity contribution in [3.8, 4) is 0 Å². The van der Waals surface area contributed by atoms with Crippen molar-refractivity contribution in [1.29, 1.82) is 0 Å². The number of aryl methyl sites for hydroxylation is 1. The van der Waals surface area contributed by atoms with Gasteiger partial charge in [-0.3, -0.25) is 9.59 Å². The Balaban J connectivity index is 1.79. The second-order valence-electron chi connectivity index (χ2n) is 8.77. The summed E-state index contributed by atoms with van der Waals surface area (Å²) in [5.74, 6) is -0.362. The van der Waals surface area contributed by atoms with Crippen LogP contribution in [-0.4, -0.2) is 57.8 Å². The zero-order valence-electron chi connectivity index (χ0n) is 19.8. The first-order valence-corrected chi connectivity index (χ1v) is 12.5. The highest BCUT2D eigenvalue weighted by atomic mass is 32.2. The van der Waals surface area contributed by atoms with Crippen LogP contribution in [-0.2, 0) is 21.2 Å². The number of carbonyl (C=O) groups excluding carboxylic acids is 2. The van der Waals surface area contributed by atoms with Crippen molar-refractivity contribution in [3.63, 3.8) is 0 Å². The molecule has 0 saturated carbocycles. The second-order valence-corrected chi connectivity index (χ2v) is 10.9. The molecule has 1 aliphatic heterocycles. The molecule has 0 aromatic heterocycles. The molecule has 0 fully saturated rings. The highest BCUT2D eigenvalue weighted by Gasteiger charge is 2.24. The molecule has 0 bridgehead atoms. The molecule has 3 rings (SSSR count). The molecule has 9 heteroatoms. The molecular weight excluding hydrogens is 440 g/mol. The van der Waals surface area contributed by atoms with Crippen molar-refractivity contribution in [2.24, 2.45) is 0 Å². The maximum atomic E-state index is 12.8. The Hall–Kier alpha value is -2.91. The minimum atomic E-state index is -3.62. The van der Waals surface area contributed by atoms with E-state index in [1.54, 1.807) is 19.1 Å². The molecule has 0 saturated heterocycles. The topological polar surface area (TPSA) is 98.8 Å². The molecule has 2 aromatic carbocycles. The summed E-state index contributed by atoms with van der Waals surface area (Å²) in [5, 5.41) is 5.76. The fourth-order valence-corrected chi connectivity index (χ4v) is 5.09. The normalized spacial score (nSPS) is 13.7. The van der Waals surface area contributed by atoms with Crippen LogP contribution >= 0.6 is 0 Å². The van der Waals surface area contributed by atoms with Crippen LogP contribution in [0, 0.1) is 6.92 Å². The van der Waals surface area contributed by atoms with Gasteiger partial charge in [0.1, 0.15) is 0 Å². The SMILES string of the molecule is Cc1ccc(NC(=O)CN2CCCc3c(C(=O)NC(C)C)cccc32)cc1S(=O)(=O)N(C)C. The second kappa shape index (κ2) is 9.93. The van der Waals surface area contributed by atoms with Crippen LogP contribution in [0.25, 0.3) is 0 Å². The van der Waals surface area contributed by atoms with Crippen molar-refractivity contribution in [2.75, 3.05) is 37.4 Å². The van der Waals surface area contributed by atoms with E-state index in [0.29, 0.717) is 23.4 Å². The number of nitrogens with zero attached hydrogens (tertiary/aromatic N) is 2. The summed E-state index contributed by atoms with van der Waals surface area (Å²) < 4.78 is 26.3. The fraction of sp³-hybridized carbons (Fsp3) is 0.417. The van der Waals surface area contributed by atoms with E-state index in [-0.39, 0.29) is 29.3 Å². The van der Waals surface area contributed by atoms with Gasteiger partial charge in [-0.25, -0.2) is 12.7 Å². The summed E-state index contributed by atoms with van der Waals surface area (Å²) >= 11 is 0. The zero-order chi connectivity index (χ0) is 24.3. The smallest absolute Gasteiger partial charge is 0.251 e. The van der Waals surface area contributed by atoms with E-state index < -0.39 is 10.0 Å². The Morgan fingerprint density at radius 1 is 1.15 bits per heavy atom. The third kappa shape index (κ3) is 5.54. The van der Waals surface area contributed by atoms with E-state index in [9.17, 15) is 18.0 Å². The molecule has 33 heavy (non-hydrogen) atoms. The van der Waals surface area contributed by atoms with Gasteiger partial charge in [0, 0.05) is 43.6 Å². The van der Waals surface area contributed by atoms with Crippen LogP contribution in [0.2, 0.25) is 0 Å². The summed E-state index contributed by atoms with van der Waals surface area (Å²) in [6.45, 7) is 6.36. The average molecular weight is 473 g/mol. The molecule has 0 spiro atoms. The number of hydrogen-bond acceptors (Lipinski definition) is 5. The van der Waals surface area contributed by atoms with Crippen LogP contribution < -0.4 is 15.5 Å². The first-order valence-electron chi connectivity index (χ1n) is 11.0. The van der Waals surface area contributed by atoms with E-state index in [1.807, 2.05) is 36.9 Å². The third-order valence-corrected chi connectivity index (χ3v) is 7.53. The lowest BCUT2D eigenvalue weighted by Crippen LogP contribution is -2.38. The van der Waals surface area contributed by atoms with Crippen LogP contribution in [0.5, 0.6) is 0 Å². The van der Waals surface area contributed by atoms with Gasteiger partial charge in [0.2, 0.25) is 15.9 Å². The molecule has 0 unspecified atom stereocenters. The number of amides is 2. The number of nitrogens with one attached hydrogen (secondary N) is 2. The van der Waals surface area contributed by atoms with Gasteiger partial charge >= 0.3 is 0 Å². The van der Waals surface area contributed by atoms with Crippen molar-refractivity contribution in [3.05, 3.63) is 53.1 Å². The first kappa shape index (κ1) is 24.7. The first-order chi connectivity index (χ1) is 15.5. The molecule has 2 N–H and O–H groups in total. The van der Waals surface area contributed by atoms with E-state index in [4.69, 9.17) is 0 Å². The van der Waals surface area contributed by atoms with Gasteiger partial charge in [0.25, 0.3) is 5.91 Å².